The molecule has 0 bridgehead atoms. The lowest BCUT2D eigenvalue weighted by molar-refractivity contribution is -0.116. The predicted molar refractivity (Wildman–Crippen MR) is 68.4 cm³/mol. The number of anilines is 1. The van der Waals surface area contributed by atoms with Crippen LogP contribution in [-0.2, 0) is 11.3 Å². The largest absolute Gasteiger partial charge is 0.477 e. The first-order chi connectivity index (χ1) is 9.06. The lowest BCUT2D eigenvalue weighted by Crippen LogP contribution is -2.28. The molecule has 2 N–H and O–H groups in total. The van der Waals surface area contributed by atoms with Crippen LogP contribution in [0.1, 0.15) is 9.67 Å². The summed E-state index contributed by atoms with van der Waals surface area (Å²) in [4.78, 5) is 37.3. The summed E-state index contributed by atoms with van der Waals surface area (Å²) in [5, 5.41) is 11.7. The van der Waals surface area contributed by atoms with E-state index < -0.39 is 17.6 Å². The number of carbonyl (C=O) groups excluding carboxylic acids is 1. The van der Waals surface area contributed by atoms with E-state index in [0.29, 0.717) is 5.00 Å². The minimum Gasteiger partial charge on any atom is -0.477 e. The summed E-state index contributed by atoms with van der Waals surface area (Å²) in [6.07, 6.45) is 2.79. The number of carbonyl (C=O) groups is 2. The van der Waals surface area contributed by atoms with Crippen LogP contribution < -0.4 is 11.0 Å². The van der Waals surface area contributed by atoms with Crippen LogP contribution in [0.2, 0.25) is 0 Å². The van der Waals surface area contributed by atoms with Gasteiger partial charge in [-0.3, -0.25) is 9.36 Å². The van der Waals surface area contributed by atoms with Crippen LogP contribution in [0.3, 0.4) is 0 Å². The zero-order valence-electron chi connectivity index (χ0n) is 9.57. The van der Waals surface area contributed by atoms with Crippen LogP contribution in [0.4, 0.5) is 5.00 Å². The molecule has 19 heavy (non-hydrogen) atoms. The first-order valence-corrected chi connectivity index (χ1v) is 6.02. The van der Waals surface area contributed by atoms with E-state index in [1.54, 1.807) is 6.07 Å². The van der Waals surface area contributed by atoms with Crippen molar-refractivity contribution in [3.05, 3.63) is 46.0 Å². The first kappa shape index (κ1) is 13.0. The lowest BCUT2D eigenvalue weighted by atomic mass is 10.4. The fraction of sp³-hybridized carbons (Fsp3) is 0.0909. The summed E-state index contributed by atoms with van der Waals surface area (Å²) in [6.45, 7) is -0.174. The molecule has 0 radical (unpaired) electrons. The molecule has 1 amide bonds. The summed E-state index contributed by atoms with van der Waals surface area (Å²) < 4.78 is 1.15. The highest BCUT2D eigenvalue weighted by atomic mass is 32.1. The summed E-state index contributed by atoms with van der Waals surface area (Å²) in [5.74, 6) is -1.47. The molecule has 0 saturated heterocycles. The van der Waals surface area contributed by atoms with Crippen molar-refractivity contribution >= 4 is 28.2 Å². The Morgan fingerprint density at radius 2 is 2.21 bits per heavy atom. The van der Waals surface area contributed by atoms with Gasteiger partial charge in [-0.05, 0) is 18.2 Å². The number of aromatic carboxylic acids is 1. The normalized spacial score (nSPS) is 10.1. The molecule has 0 aromatic carbocycles. The minimum absolute atomic E-state index is 0.133. The van der Waals surface area contributed by atoms with Gasteiger partial charge in [-0.15, -0.1) is 11.3 Å². The van der Waals surface area contributed by atoms with Gasteiger partial charge >= 0.3 is 11.7 Å². The maximum atomic E-state index is 11.7. The van der Waals surface area contributed by atoms with Gasteiger partial charge in [0.15, 0.2) is 0 Å². The van der Waals surface area contributed by atoms with Crippen LogP contribution in [0.25, 0.3) is 0 Å². The number of aromatic nitrogens is 2. The van der Waals surface area contributed by atoms with Crippen LogP contribution in [0, 0.1) is 0 Å². The standard InChI is InChI=1S/C11H9N3O4S/c15-8(6-14-5-1-4-12-11(14)18)13-9-3-2-7(19-9)10(16)17/h1-5H,6H2,(H,13,15)(H,16,17). The Labute approximate surface area is 111 Å². The monoisotopic (exact) mass is 279 g/mol. The van der Waals surface area contributed by atoms with Crippen molar-refractivity contribution in [1.29, 1.82) is 0 Å². The molecule has 7 nitrogen and oxygen atoms in total. The summed E-state index contributed by atoms with van der Waals surface area (Å²) in [7, 11) is 0. The second-order valence-corrected chi connectivity index (χ2v) is 4.63. The number of nitrogens with zero attached hydrogens (tertiary/aromatic N) is 2. The Morgan fingerprint density at radius 1 is 1.42 bits per heavy atom. The van der Waals surface area contributed by atoms with Gasteiger partial charge in [-0.25, -0.2) is 14.6 Å². The third-order valence-corrected chi connectivity index (χ3v) is 3.16. The van der Waals surface area contributed by atoms with Gasteiger partial charge in [0.2, 0.25) is 5.91 Å². The van der Waals surface area contributed by atoms with E-state index in [1.165, 1.54) is 24.5 Å². The van der Waals surface area contributed by atoms with Gasteiger partial charge in [-0.1, -0.05) is 0 Å². The van der Waals surface area contributed by atoms with Gasteiger partial charge in [-0.2, -0.15) is 0 Å². The van der Waals surface area contributed by atoms with E-state index in [0.717, 1.165) is 15.9 Å². The van der Waals surface area contributed by atoms with E-state index in [4.69, 9.17) is 5.11 Å². The van der Waals surface area contributed by atoms with Gasteiger partial charge in [0.25, 0.3) is 0 Å². The Morgan fingerprint density at radius 3 is 2.84 bits per heavy atom. The highest BCUT2D eigenvalue weighted by Crippen LogP contribution is 2.21. The van der Waals surface area contributed by atoms with Gasteiger partial charge in [0, 0.05) is 12.4 Å². The Balaban J connectivity index is 2.03. The molecule has 2 rings (SSSR count). The Bertz CT molecular complexity index is 676. The zero-order chi connectivity index (χ0) is 13.8. The van der Waals surface area contributed by atoms with Crippen LogP contribution in [0.5, 0.6) is 0 Å². The number of thiophene rings is 1. The van der Waals surface area contributed by atoms with Crippen molar-refractivity contribution in [2.75, 3.05) is 5.32 Å². The van der Waals surface area contributed by atoms with Gasteiger partial charge < -0.3 is 10.4 Å². The molecular formula is C11H9N3O4S. The van der Waals surface area contributed by atoms with E-state index >= 15 is 0 Å². The summed E-state index contributed by atoms with van der Waals surface area (Å²) in [6, 6.07) is 4.44. The molecule has 2 heterocycles. The maximum Gasteiger partial charge on any atom is 0.347 e. The average molecular weight is 279 g/mol. The molecule has 0 unspecified atom stereocenters. The minimum atomic E-state index is -1.05. The molecule has 0 aliphatic rings. The first-order valence-electron chi connectivity index (χ1n) is 5.20. The van der Waals surface area contributed by atoms with Crippen molar-refractivity contribution in [2.45, 2.75) is 6.54 Å². The molecule has 8 heteroatoms. The third-order valence-electron chi connectivity index (χ3n) is 2.18. The Kier molecular flexibility index (Phi) is 3.71. The Hall–Kier alpha value is -2.48. The second kappa shape index (κ2) is 5.44. The topological polar surface area (TPSA) is 101 Å². The number of hydrogen-bond donors (Lipinski definition) is 2. The SMILES string of the molecule is O=C(Cn1cccnc1=O)Nc1ccc(C(=O)O)s1. The number of amides is 1. The highest BCUT2D eigenvalue weighted by molar-refractivity contribution is 7.18. The molecule has 0 aliphatic heterocycles. The number of carboxylic acid groups (broad SMARTS) is 1. The van der Waals surface area contributed by atoms with Crippen LogP contribution in [0.15, 0.2) is 35.4 Å². The number of hydrogen-bond acceptors (Lipinski definition) is 5. The fourth-order valence-electron chi connectivity index (χ4n) is 1.36. The number of nitrogens with one attached hydrogen (secondary N) is 1. The number of carboxylic acids is 1. The molecule has 0 fully saturated rings. The maximum absolute atomic E-state index is 11.7. The molecule has 0 atom stereocenters. The van der Waals surface area contributed by atoms with Crippen LogP contribution in [-0.4, -0.2) is 26.5 Å². The molecule has 98 valence electrons. The van der Waals surface area contributed by atoms with Crippen molar-refractivity contribution in [3.63, 3.8) is 0 Å². The van der Waals surface area contributed by atoms with Gasteiger partial charge in [0.1, 0.15) is 11.4 Å². The fourth-order valence-corrected chi connectivity index (χ4v) is 2.12. The van der Waals surface area contributed by atoms with E-state index in [9.17, 15) is 14.4 Å². The van der Waals surface area contributed by atoms with Crippen molar-refractivity contribution in [3.8, 4) is 0 Å². The van der Waals surface area contributed by atoms with Crippen molar-refractivity contribution < 1.29 is 14.7 Å². The number of rotatable bonds is 4. The molecule has 0 aliphatic carbocycles. The van der Waals surface area contributed by atoms with Crippen molar-refractivity contribution in [2.24, 2.45) is 0 Å². The second-order valence-electron chi connectivity index (χ2n) is 3.55. The predicted octanol–water partition coefficient (Wildman–Crippen LogP) is 0.642. The average Bonchev–Trinajstić information content (AvgIpc) is 2.80. The summed E-state index contributed by atoms with van der Waals surface area (Å²) >= 11 is 0.950. The third kappa shape index (κ3) is 3.26. The van der Waals surface area contributed by atoms with Crippen LogP contribution >= 0.6 is 11.3 Å². The van der Waals surface area contributed by atoms with E-state index in [-0.39, 0.29) is 11.4 Å². The zero-order valence-corrected chi connectivity index (χ0v) is 10.4. The molecule has 2 aromatic heterocycles. The molecule has 0 spiro atoms. The quantitative estimate of drug-likeness (QED) is 0.855. The van der Waals surface area contributed by atoms with E-state index in [2.05, 4.69) is 10.3 Å². The molecule has 0 saturated carbocycles. The lowest BCUT2D eigenvalue weighted by Gasteiger charge is -2.04. The van der Waals surface area contributed by atoms with Gasteiger partial charge in [0.05, 0.1) is 5.00 Å². The van der Waals surface area contributed by atoms with E-state index in [1.807, 2.05) is 0 Å². The molecule has 2 aromatic rings. The smallest absolute Gasteiger partial charge is 0.347 e. The molecular weight excluding hydrogens is 270 g/mol. The highest BCUT2D eigenvalue weighted by Gasteiger charge is 2.10. The van der Waals surface area contributed by atoms with Crippen molar-refractivity contribution in [1.82, 2.24) is 9.55 Å². The summed E-state index contributed by atoms with van der Waals surface area (Å²) in [5.41, 5.74) is -0.518.